The fraction of sp³-hybridized carbons (Fsp3) is 0.579. The smallest absolute Gasteiger partial charge is 0.307 e. The molecule has 5 heteroatoms. The van der Waals surface area contributed by atoms with Crippen LogP contribution >= 0.6 is 0 Å². The van der Waals surface area contributed by atoms with E-state index < -0.39 is 0 Å². The van der Waals surface area contributed by atoms with Crippen molar-refractivity contribution in [3.05, 3.63) is 29.8 Å². The molecular weight excluding hydrogens is 306 g/mol. The molecule has 0 spiro atoms. The Kier molecular flexibility index (Phi) is 5.51. The first-order valence-corrected chi connectivity index (χ1v) is 8.83. The van der Waals surface area contributed by atoms with Gasteiger partial charge in [0.05, 0.1) is 13.0 Å². The molecule has 1 aromatic carbocycles. The van der Waals surface area contributed by atoms with Crippen LogP contribution in [0.4, 0.5) is 0 Å². The maximum atomic E-state index is 11.6. The second kappa shape index (κ2) is 7.79. The van der Waals surface area contributed by atoms with Crippen molar-refractivity contribution >= 4 is 12.3 Å². The van der Waals surface area contributed by atoms with E-state index in [2.05, 4.69) is 4.90 Å². The summed E-state index contributed by atoms with van der Waals surface area (Å²) >= 11 is 0. The highest BCUT2D eigenvalue weighted by atomic mass is 16.5. The number of hydrogen-bond donors (Lipinski definition) is 0. The van der Waals surface area contributed by atoms with Gasteiger partial charge in [-0.15, -0.1) is 0 Å². The van der Waals surface area contributed by atoms with Crippen LogP contribution in [0.3, 0.4) is 0 Å². The van der Waals surface area contributed by atoms with Gasteiger partial charge in [-0.2, -0.15) is 0 Å². The van der Waals surface area contributed by atoms with Gasteiger partial charge in [0.2, 0.25) is 0 Å². The Morgan fingerprint density at radius 1 is 1.21 bits per heavy atom. The van der Waals surface area contributed by atoms with E-state index in [9.17, 15) is 9.59 Å². The first-order valence-electron chi connectivity index (χ1n) is 8.83. The summed E-state index contributed by atoms with van der Waals surface area (Å²) in [4.78, 5) is 24.8. The van der Waals surface area contributed by atoms with Crippen molar-refractivity contribution in [1.82, 2.24) is 4.90 Å². The largest absolute Gasteiger partial charge is 0.490 e. The van der Waals surface area contributed by atoms with Crippen molar-refractivity contribution in [2.24, 2.45) is 0 Å². The molecule has 0 unspecified atom stereocenters. The predicted octanol–water partition coefficient (Wildman–Crippen LogP) is 2.83. The standard InChI is InChI=1S/C19H25NO4/c1-2-23-19(22)9-10-20-15-5-6-16(20)12-18(11-15)24-17-7-3-14(13-21)4-8-17/h3-4,7-8,13,15-16,18H,2,5-6,9-12H2,1H3/t15-,16+,18-. The van der Waals surface area contributed by atoms with Crippen LogP contribution in [0.5, 0.6) is 5.75 Å². The van der Waals surface area contributed by atoms with Crippen LogP contribution in [0, 0.1) is 0 Å². The summed E-state index contributed by atoms with van der Waals surface area (Å²) in [7, 11) is 0. The lowest BCUT2D eigenvalue weighted by Crippen LogP contribution is -2.47. The third-order valence-corrected chi connectivity index (χ3v) is 5.04. The summed E-state index contributed by atoms with van der Waals surface area (Å²) in [6.07, 6.45) is 5.87. The van der Waals surface area contributed by atoms with Crippen molar-refractivity contribution in [2.75, 3.05) is 13.2 Å². The molecule has 130 valence electrons. The fourth-order valence-electron chi connectivity index (χ4n) is 3.96. The molecule has 2 aliphatic heterocycles. The summed E-state index contributed by atoms with van der Waals surface area (Å²) in [5.74, 6) is 0.718. The highest BCUT2D eigenvalue weighted by molar-refractivity contribution is 5.74. The average molecular weight is 331 g/mol. The van der Waals surface area contributed by atoms with Gasteiger partial charge in [-0.05, 0) is 56.9 Å². The average Bonchev–Trinajstić information content (AvgIpc) is 2.83. The lowest BCUT2D eigenvalue weighted by atomic mass is 9.99. The molecule has 0 saturated carbocycles. The predicted molar refractivity (Wildman–Crippen MR) is 90.2 cm³/mol. The van der Waals surface area contributed by atoms with Crippen LogP contribution in [-0.2, 0) is 9.53 Å². The Labute approximate surface area is 142 Å². The highest BCUT2D eigenvalue weighted by Crippen LogP contribution is 2.37. The van der Waals surface area contributed by atoms with Crippen LogP contribution in [-0.4, -0.2) is 48.5 Å². The summed E-state index contributed by atoms with van der Waals surface area (Å²) < 4.78 is 11.1. The minimum absolute atomic E-state index is 0.106. The molecule has 0 N–H and O–H groups in total. The van der Waals surface area contributed by atoms with Gasteiger partial charge >= 0.3 is 5.97 Å². The summed E-state index contributed by atoms with van der Waals surface area (Å²) in [5, 5.41) is 0. The second-order valence-electron chi connectivity index (χ2n) is 6.58. The Bertz CT molecular complexity index is 557. The lowest BCUT2D eigenvalue weighted by molar-refractivity contribution is -0.143. The normalized spacial score (nSPS) is 26.1. The Hall–Kier alpha value is -1.88. The summed E-state index contributed by atoms with van der Waals surface area (Å²) in [5.41, 5.74) is 0.663. The van der Waals surface area contributed by atoms with Crippen LogP contribution < -0.4 is 4.74 Å². The quantitative estimate of drug-likeness (QED) is 0.568. The van der Waals surface area contributed by atoms with Crippen molar-refractivity contribution in [3.8, 4) is 5.75 Å². The first kappa shape index (κ1) is 17.0. The molecule has 0 radical (unpaired) electrons. The summed E-state index contributed by atoms with van der Waals surface area (Å²) in [6, 6.07) is 8.28. The molecule has 1 aromatic rings. The third-order valence-electron chi connectivity index (χ3n) is 5.04. The Morgan fingerprint density at radius 3 is 2.46 bits per heavy atom. The van der Waals surface area contributed by atoms with E-state index in [4.69, 9.17) is 9.47 Å². The number of hydrogen-bond acceptors (Lipinski definition) is 5. The van der Waals surface area contributed by atoms with Gasteiger partial charge in [-0.1, -0.05) is 0 Å². The van der Waals surface area contributed by atoms with Gasteiger partial charge in [0.25, 0.3) is 0 Å². The number of ether oxygens (including phenoxy) is 2. The number of carbonyl (C=O) groups excluding carboxylic acids is 2. The van der Waals surface area contributed by atoms with Crippen LogP contribution in [0.15, 0.2) is 24.3 Å². The minimum atomic E-state index is -0.106. The zero-order valence-corrected chi connectivity index (χ0v) is 14.1. The van der Waals surface area contributed by atoms with Gasteiger partial charge in [0.15, 0.2) is 0 Å². The van der Waals surface area contributed by atoms with Crippen LogP contribution in [0.2, 0.25) is 0 Å². The molecule has 0 amide bonds. The van der Waals surface area contributed by atoms with E-state index in [0.717, 1.165) is 31.4 Å². The number of piperidine rings is 1. The zero-order chi connectivity index (χ0) is 16.9. The minimum Gasteiger partial charge on any atom is -0.490 e. The third kappa shape index (κ3) is 3.96. The zero-order valence-electron chi connectivity index (χ0n) is 14.1. The SMILES string of the molecule is CCOC(=O)CCN1[C@@H]2CC[C@H]1C[C@H](Oc1ccc(C=O)cc1)C2. The second-order valence-corrected chi connectivity index (χ2v) is 6.58. The van der Waals surface area contributed by atoms with E-state index in [1.165, 1.54) is 12.8 Å². The number of nitrogens with zero attached hydrogens (tertiary/aromatic N) is 1. The molecule has 2 bridgehead atoms. The highest BCUT2D eigenvalue weighted by Gasteiger charge is 2.41. The topological polar surface area (TPSA) is 55.8 Å². The van der Waals surface area contributed by atoms with Gasteiger partial charge in [0, 0.05) is 24.2 Å². The van der Waals surface area contributed by atoms with Gasteiger partial charge in [0.1, 0.15) is 18.1 Å². The lowest BCUT2D eigenvalue weighted by Gasteiger charge is -2.38. The molecule has 24 heavy (non-hydrogen) atoms. The van der Waals surface area contributed by atoms with E-state index in [-0.39, 0.29) is 12.1 Å². The number of aldehydes is 1. The molecule has 2 aliphatic rings. The molecule has 2 fully saturated rings. The van der Waals surface area contributed by atoms with E-state index in [1.54, 1.807) is 12.1 Å². The molecule has 2 heterocycles. The molecule has 2 saturated heterocycles. The van der Waals surface area contributed by atoms with Crippen molar-refractivity contribution in [1.29, 1.82) is 0 Å². The monoisotopic (exact) mass is 331 g/mol. The fourth-order valence-corrected chi connectivity index (χ4v) is 3.96. The molecule has 3 rings (SSSR count). The Balaban J connectivity index is 1.52. The number of rotatable bonds is 7. The summed E-state index contributed by atoms with van der Waals surface area (Å²) in [6.45, 7) is 3.07. The maximum absolute atomic E-state index is 11.6. The molecule has 3 atom stereocenters. The van der Waals surface area contributed by atoms with Gasteiger partial charge in [-0.3, -0.25) is 14.5 Å². The number of benzene rings is 1. The van der Waals surface area contributed by atoms with Crippen LogP contribution in [0.1, 0.15) is 49.4 Å². The van der Waals surface area contributed by atoms with E-state index >= 15 is 0 Å². The first-order chi connectivity index (χ1) is 11.7. The molecule has 5 nitrogen and oxygen atoms in total. The number of carbonyl (C=O) groups is 2. The van der Waals surface area contributed by atoms with Crippen molar-refractivity contribution < 1.29 is 19.1 Å². The maximum Gasteiger partial charge on any atom is 0.307 e. The van der Waals surface area contributed by atoms with Crippen molar-refractivity contribution in [3.63, 3.8) is 0 Å². The van der Waals surface area contributed by atoms with Crippen molar-refractivity contribution in [2.45, 2.75) is 57.2 Å². The Morgan fingerprint density at radius 2 is 1.88 bits per heavy atom. The molecular formula is C19H25NO4. The van der Waals surface area contributed by atoms with E-state index in [1.807, 2.05) is 19.1 Å². The molecule has 0 aromatic heterocycles. The van der Waals surface area contributed by atoms with Gasteiger partial charge < -0.3 is 9.47 Å². The number of fused-ring (bicyclic) bond motifs is 2. The molecule has 0 aliphatic carbocycles. The number of esters is 1. The van der Waals surface area contributed by atoms with E-state index in [0.29, 0.717) is 30.7 Å². The van der Waals surface area contributed by atoms with Crippen LogP contribution in [0.25, 0.3) is 0 Å². The van der Waals surface area contributed by atoms with Gasteiger partial charge in [-0.25, -0.2) is 0 Å².